The van der Waals surface area contributed by atoms with Gasteiger partial charge < -0.3 is 10.2 Å². The summed E-state index contributed by atoms with van der Waals surface area (Å²) in [5.74, 6) is 0. The van der Waals surface area contributed by atoms with Crippen LogP contribution in [0.1, 0.15) is 17.7 Å². The summed E-state index contributed by atoms with van der Waals surface area (Å²) in [5, 5.41) is 3.45. The second-order valence-corrected chi connectivity index (χ2v) is 5.92. The Morgan fingerprint density at radius 1 is 1.14 bits per heavy atom. The Labute approximate surface area is 131 Å². The zero-order valence-electron chi connectivity index (χ0n) is 12.1. The molecule has 110 valence electrons. The van der Waals surface area contributed by atoms with E-state index in [0.717, 1.165) is 43.2 Å². The fourth-order valence-electron chi connectivity index (χ4n) is 2.80. The van der Waals surface area contributed by atoms with E-state index in [9.17, 15) is 0 Å². The minimum absolute atomic E-state index is 0.856. The Balaban J connectivity index is 1.85. The Morgan fingerprint density at radius 3 is 3.00 bits per heavy atom. The van der Waals surface area contributed by atoms with Crippen LogP contribution < -0.4 is 10.2 Å². The lowest BCUT2D eigenvalue weighted by molar-refractivity contribution is 0.724. The third-order valence-electron chi connectivity index (χ3n) is 3.83. The maximum Gasteiger partial charge on any atom is 0.0680 e. The van der Waals surface area contributed by atoms with Gasteiger partial charge in [0.2, 0.25) is 0 Å². The number of nitrogens with one attached hydrogen (secondary N) is 1. The van der Waals surface area contributed by atoms with Gasteiger partial charge >= 0.3 is 0 Å². The van der Waals surface area contributed by atoms with Gasteiger partial charge in [0.05, 0.1) is 11.4 Å². The molecule has 0 radical (unpaired) electrons. The van der Waals surface area contributed by atoms with Crippen molar-refractivity contribution in [1.82, 2.24) is 10.3 Å². The molecule has 1 aromatic heterocycles. The predicted molar refractivity (Wildman–Crippen MR) is 90.4 cm³/mol. The summed E-state index contributed by atoms with van der Waals surface area (Å²) in [4.78, 5) is 8.08. The first-order chi connectivity index (χ1) is 10.3. The van der Waals surface area contributed by atoms with Gasteiger partial charge in [0.15, 0.2) is 0 Å². The van der Waals surface area contributed by atoms with E-state index in [1.54, 1.807) is 0 Å². The number of hydrogen-bond acceptors (Lipinski definition) is 4. The Morgan fingerprint density at radius 2 is 2.10 bits per heavy atom. The van der Waals surface area contributed by atoms with Gasteiger partial charge in [-0.2, -0.15) is 0 Å². The summed E-state index contributed by atoms with van der Waals surface area (Å²) in [6, 6.07) is 12.5. The van der Waals surface area contributed by atoms with E-state index >= 15 is 0 Å². The largest absolute Gasteiger partial charge is 0.369 e. The summed E-state index contributed by atoms with van der Waals surface area (Å²) in [7, 11) is 0. The molecule has 1 aliphatic heterocycles. The average Bonchev–Trinajstić information content (AvgIpc) is 2.77. The molecule has 2 aromatic rings. The first-order valence-corrected chi connectivity index (χ1v) is 7.95. The summed E-state index contributed by atoms with van der Waals surface area (Å²) < 4.78 is 0. The lowest BCUT2D eigenvalue weighted by Crippen LogP contribution is -2.29. The molecule has 4 heteroatoms. The maximum absolute atomic E-state index is 4.62. The van der Waals surface area contributed by atoms with E-state index in [1.807, 2.05) is 18.3 Å². The standard InChI is InChI=1S/C17H21N3S/c21-15-5-1-4-14(12-15)13-16-17(6-2-8-19-16)20-10-3-7-18-9-11-20/h1-2,4-6,8,12,18,21H,3,7,9-11,13H2. The van der Waals surface area contributed by atoms with Crippen LogP contribution in [0.2, 0.25) is 0 Å². The molecule has 1 aliphatic rings. The monoisotopic (exact) mass is 299 g/mol. The summed E-state index contributed by atoms with van der Waals surface area (Å²) in [6.07, 6.45) is 3.93. The van der Waals surface area contributed by atoms with Crippen molar-refractivity contribution in [2.24, 2.45) is 0 Å². The van der Waals surface area contributed by atoms with E-state index < -0.39 is 0 Å². The topological polar surface area (TPSA) is 28.2 Å². The number of aromatic nitrogens is 1. The van der Waals surface area contributed by atoms with Crippen LogP contribution in [0.25, 0.3) is 0 Å². The van der Waals surface area contributed by atoms with Gasteiger partial charge in [-0.1, -0.05) is 12.1 Å². The Hall–Kier alpha value is -1.52. The van der Waals surface area contributed by atoms with Crippen LogP contribution >= 0.6 is 12.6 Å². The smallest absolute Gasteiger partial charge is 0.0680 e. The second kappa shape index (κ2) is 6.96. The molecule has 2 heterocycles. The molecule has 0 amide bonds. The molecule has 1 fully saturated rings. The molecule has 0 atom stereocenters. The first-order valence-electron chi connectivity index (χ1n) is 7.50. The first kappa shape index (κ1) is 14.4. The SMILES string of the molecule is Sc1cccc(Cc2ncccc2N2CCCNCC2)c1. The number of rotatable bonds is 3. The van der Waals surface area contributed by atoms with Crippen LogP contribution in [-0.2, 0) is 6.42 Å². The average molecular weight is 299 g/mol. The highest BCUT2D eigenvalue weighted by Crippen LogP contribution is 2.22. The summed E-state index contributed by atoms with van der Waals surface area (Å²) >= 11 is 4.42. The highest BCUT2D eigenvalue weighted by atomic mass is 32.1. The minimum atomic E-state index is 0.856. The molecule has 0 spiro atoms. The van der Waals surface area contributed by atoms with Crippen molar-refractivity contribution >= 4 is 18.3 Å². The molecule has 1 aromatic carbocycles. The van der Waals surface area contributed by atoms with Gasteiger partial charge in [0, 0.05) is 37.1 Å². The van der Waals surface area contributed by atoms with Crippen LogP contribution in [0.15, 0.2) is 47.5 Å². The van der Waals surface area contributed by atoms with E-state index in [-0.39, 0.29) is 0 Å². The Bertz CT molecular complexity index is 592. The van der Waals surface area contributed by atoms with Crippen molar-refractivity contribution in [3.8, 4) is 0 Å². The quantitative estimate of drug-likeness (QED) is 0.854. The molecule has 1 N–H and O–H groups in total. The third kappa shape index (κ3) is 3.77. The van der Waals surface area contributed by atoms with Crippen molar-refractivity contribution in [1.29, 1.82) is 0 Å². The van der Waals surface area contributed by atoms with Crippen molar-refractivity contribution in [3.63, 3.8) is 0 Å². The lowest BCUT2D eigenvalue weighted by Gasteiger charge is -2.24. The number of nitrogens with zero attached hydrogens (tertiary/aromatic N) is 2. The van der Waals surface area contributed by atoms with Crippen molar-refractivity contribution in [2.75, 3.05) is 31.1 Å². The number of anilines is 1. The number of thiol groups is 1. The molecule has 0 bridgehead atoms. The molecular weight excluding hydrogens is 278 g/mol. The van der Waals surface area contributed by atoms with E-state index in [4.69, 9.17) is 0 Å². The zero-order chi connectivity index (χ0) is 14.5. The zero-order valence-corrected chi connectivity index (χ0v) is 13.0. The van der Waals surface area contributed by atoms with E-state index in [2.05, 4.69) is 52.1 Å². The third-order valence-corrected chi connectivity index (χ3v) is 4.11. The van der Waals surface area contributed by atoms with Crippen molar-refractivity contribution < 1.29 is 0 Å². The summed E-state index contributed by atoms with van der Waals surface area (Å²) in [6.45, 7) is 4.29. The highest BCUT2D eigenvalue weighted by Gasteiger charge is 2.14. The normalized spacial score (nSPS) is 15.8. The predicted octanol–water partition coefficient (Wildman–Crippen LogP) is 2.76. The minimum Gasteiger partial charge on any atom is -0.369 e. The maximum atomic E-state index is 4.62. The number of pyridine rings is 1. The van der Waals surface area contributed by atoms with Crippen LogP contribution in [0.5, 0.6) is 0 Å². The van der Waals surface area contributed by atoms with E-state index in [1.165, 1.54) is 17.7 Å². The molecule has 0 saturated carbocycles. The van der Waals surface area contributed by atoms with Gasteiger partial charge in [-0.25, -0.2) is 0 Å². The van der Waals surface area contributed by atoms with Gasteiger partial charge in [0.1, 0.15) is 0 Å². The molecule has 3 rings (SSSR count). The van der Waals surface area contributed by atoms with Crippen molar-refractivity contribution in [2.45, 2.75) is 17.7 Å². The highest BCUT2D eigenvalue weighted by molar-refractivity contribution is 7.80. The molecule has 1 saturated heterocycles. The Kier molecular flexibility index (Phi) is 4.78. The van der Waals surface area contributed by atoms with Crippen LogP contribution in [0.3, 0.4) is 0 Å². The molecule has 3 nitrogen and oxygen atoms in total. The van der Waals surface area contributed by atoms with Crippen LogP contribution in [0.4, 0.5) is 5.69 Å². The fraction of sp³-hybridized carbons (Fsp3) is 0.353. The van der Waals surface area contributed by atoms with Crippen molar-refractivity contribution in [3.05, 3.63) is 53.9 Å². The number of hydrogen-bond donors (Lipinski definition) is 2. The van der Waals surface area contributed by atoms with Gasteiger partial charge in [-0.3, -0.25) is 4.98 Å². The molecule has 21 heavy (non-hydrogen) atoms. The van der Waals surface area contributed by atoms with Gasteiger partial charge in [-0.05, 0) is 42.8 Å². The molecular formula is C17H21N3S. The van der Waals surface area contributed by atoms with Gasteiger partial charge in [0.25, 0.3) is 0 Å². The summed E-state index contributed by atoms with van der Waals surface area (Å²) in [5.41, 5.74) is 3.68. The van der Waals surface area contributed by atoms with Crippen LogP contribution in [-0.4, -0.2) is 31.2 Å². The van der Waals surface area contributed by atoms with Crippen LogP contribution in [0, 0.1) is 0 Å². The fourth-order valence-corrected chi connectivity index (χ4v) is 3.05. The number of benzene rings is 1. The molecule has 0 unspecified atom stereocenters. The van der Waals surface area contributed by atoms with Gasteiger partial charge in [-0.15, -0.1) is 12.6 Å². The molecule has 0 aliphatic carbocycles. The van der Waals surface area contributed by atoms with E-state index in [0.29, 0.717) is 0 Å². The lowest BCUT2D eigenvalue weighted by atomic mass is 10.1. The second-order valence-electron chi connectivity index (χ2n) is 5.41.